The molecule has 0 radical (unpaired) electrons. The summed E-state index contributed by atoms with van der Waals surface area (Å²) < 4.78 is 26.5. The number of anilines is 1. The van der Waals surface area contributed by atoms with Crippen molar-refractivity contribution in [2.24, 2.45) is 23.2 Å². The molecule has 2 heterocycles. The summed E-state index contributed by atoms with van der Waals surface area (Å²) in [5.74, 6) is 3.09. The minimum absolute atomic E-state index is 0.0510. The lowest BCUT2D eigenvalue weighted by Gasteiger charge is -2.56. The van der Waals surface area contributed by atoms with Crippen molar-refractivity contribution in [3.8, 4) is 0 Å². The maximum Gasteiger partial charge on any atom is 0.226 e. The first-order valence-electron chi connectivity index (χ1n) is 11.4. The molecule has 4 fully saturated rings. The number of nitrogens with one attached hydrogen (secondary N) is 1. The van der Waals surface area contributed by atoms with Crippen molar-refractivity contribution in [1.29, 1.82) is 0 Å². The number of sulfonamides is 1. The number of aromatic nitrogens is 2. The Morgan fingerprint density at radius 1 is 1.17 bits per heavy atom. The third kappa shape index (κ3) is 3.55. The van der Waals surface area contributed by atoms with Crippen molar-refractivity contribution < 1.29 is 13.2 Å². The van der Waals surface area contributed by atoms with Crippen LogP contribution in [0.3, 0.4) is 0 Å². The molecule has 6 rings (SSSR count). The van der Waals surface area contributed by atoms with E-state index in [-0.39, 0.29) is 17.9 Å². The maximum absolute atomic E-state index is 13.0. The van der Waals surface area contributed by atoms with Crippen LogP contribution in [0, 0.1) is 23.2 Å². The standard InChI is InChI=1S/C22H32N4O3S/c1-14(2)30(28,29)26-4-3-18-19(12-26)23-13-24-21(18)25-20(27)11-22-8-15-5-16(9-22)7-17(6-15)10-22/h13-17H,3-12H2,1-2H3,(H,23,24,25,27). The van der Waals surface area contributed by atoms with E-state index in [1.54, 1.807) is 13.8 Å². The van der Waals surface area contributed by atoms with Gasteiger partial charge in [-0.2, -0.15) is 4.31 Å². The Labute approximate surface area is 179 Å². The number of nitrogens with zero attached hydrogens (tertiary/aromatic N) is 3. The molecule has 30 heavy (non-hydrogen) atoms. The van der Waals surface area contributed by atoms with Crippen LogP contribution in [0.5, 0.6) is 0 Å². The highest BCUT2D eigenvalue weighted by Crippen LogP contribution is 2.61. The van der Waals surface area contributed by atoms with E-state index in [4.69, 9.17) is 0 Å². The number of amides is 1. The first kappa shape index (κ1) is 20.4. The quantitative estimate of drug-likeness (QED) is 0.772. The summed E-state index contributed by atoms with van der Waals surface area (Å²) in [6.45, 7) is 4.04. The predicted octanol–water partition coefficient (Wildman–Crippen LogP) is 3.12. The highest BCUT2D eigenvalue weighted by Gasteiger charge is 2.51. The van der Waals surface area contributed by atoms with Gasteiger partial charge in [-0.3, -0.25) is 4.79 Å². The second-order valence-corrected chi connectivity index (χ2v) is 13.0. The SMILES string of the molecule is CC(C)S(=O)(=O)N1CCc2c(ncnc2NC(=O)CC23CC4CC(CC(C4)C2)C3)C1. The van der Waals surface area contributed by atoms with Gasteiger partial charge in [0.15, 0.2) is 0 Å². The van der Waals surface area contributed by atoms with E-state index in [2.05, 4.69) is 15.3 Å². The molecule has 0 aromatic carbocycles. The third-order valence-electron chi connectivity index (χ3n) is 7.89. The third-order valence-corrected chi connectivity index (χ3v) is 10.1. The van der Waals surface area contributed by atoms with Crippen molar-refractivity contribution in [1.82, 2.24) is 14.3 Å². The highest BCUT2D eigenvalue weighted by molar-refractivity contribution is 7.89. The molecule has 1 aliphatic heterocycles. The summed E-state index contributed by atoms with van der Waals surface area (Å²) >= 11 is 0. The summed E-state index contributed by atoms with van der Waals surface area (Å²) in [5.41, 5.74) is 1.77. The molecule has 7 nitrogen and oxygen atoms in total. The lowest BCUT2D eigenvalue weighted by Crippen LogP contribution is -2.47. The molecule has 0 unspecified atom stereocenters. The molecule has 8 heteroatoms. The summed E-state index contributed by atoms with van der Waals surface area (Å²) in [4.78, 5) is 21.7. The van der Waals surface area contributed by atoms with Crippen molar-refractivity contribution >= 4 is 21.7 Å². The summed E-state index contributed by atoms with van der Waals surface area (Å²) in [5, 5.41) is 2.61. The number of carbonyl (C=O) groups excluding carboxylic acids is 1. The molecular formula is C22H32N4O3S. The second-order valence-electron chi connectivity index (χ2n) is 10.5. The van der Waals surface area contributed by atoms with Gasteiger partial charge in [0.1, 0.15) is 12.1 Å². The smallest absolute Gasteiger partial charge is 0.226 e. The number of fused-ring (bicyclic) bond motifs is 1. The molecule has 5 aliphatic rings. The monoisotopic (exact) mass is 432 g/mol. The van der Waals surface area contributed by atoms with E-state index in [0.717, 1.165) is 23.3 Å². The molecule has 4 saturated carbocycles. The lowest BCUT2D eigenvalue weighted by atomic mass is 9.49. The fraction of sp³-hybridized carbons (Fsp3) is 0.773. The Bertz CT molecular complexity index is 924. The Balaban J connectivity index is 1.29. The van der Waals surface area contributed by atoms with Gasteiger partial charge in [-0.05, 0) is 82.0 Å². The Morgan fingerprint density at radius 3 is 2.40 bits per heavy atom. The molecule has 1 aromatic rings. The van der Waals surface area contributed by atoms with Crippen molar-refractivity contribution in [3.05, 3.63) is 17.6 Å². The fourth-order valence-corrected chi connectivity index (χ4v) is 8.22. The molecule has 1 N–H and O–H groups in total. The predicted molar refractivity (Wildman–Crippen MR) is 114 cm³/mol. The van der Waals surface area contributed by atoms with E-state index in [0.29, 0.717) is 30.9 Å². The van der Waals surface area contributed by atoms with Crippen LogP contribution < -0.4 is 5.32 Å². The van der Waals surface area contributed by atoms with Crippen LogP contribution in [0.25, 0.3) is 0 Å². The van der Waals surface area contributed by atoms with Gasteiger partial charge in [0.2, 0.25) is 15.9 Å². The zero-order valence-corrected chi connectivity index (χ0v) is 18.7. The molecule has 164 valence electrons. The molecule has 1 aromatic heterocycles. The van der Waals surface area contributed by atoms with Gasteiger partial charge in [0.05, 0.1) is 17.5 Å². The topological polar surface area (TPSA) is 92.3 Å². The van der Waals surface area contributed by atoms with Crippen LogP contribution in [0.4, 0.5) is 5.82 Å². The second kappa shape index (κ2) is 7.26. The summed E-state index contributed by atoms with van der Waals surface area (Å²) in [7, 11) is -3.32. The van der Waals surface area contributed by atoms with E-state index in [1.807, 2.05) is 0 Å². The first-order valence-corrected chi connectivity index (χ1v) is 12.9. The number of rotatable bonds is 5. The number of carbonyl (C=O) groups is 1. The molecular weight excluding hydrogens is 400 g/mol. The first-order chi connectivity index (χ1) is 14.2. The van der Waals surface area contributed by atoms with Gasteiger partial charge in [0, 0.05) is 18.5 Å². The van der Waals surface area contributed by atoms with Crippen LogP contribution in [0.1, 0.15) is 70.1 Å². The van der Waals surface area contributed by atoms with Crippen molar-refractivity contribution in [3.63, 3.8) is 0 Å². The number of hydrogen-bond donors (Lipinski definition) is 1. The van der Waals surface area contributed by atoms with Gasteiger partial charge < -0.3 is 5.32 Å². The largest absolute Gasteiger partial charge is 0.310 e. The fourth-order valence-electron chi connectivity index (χ4n) is 6.98. The minimum Gasteiger partial charge on any atom is -0.310 e. The zero-order valence-electron chi connectivity index (χ0n) is 17.9. The van der Waals surface area contributed by atoms with Gasteiger partial charge in [-0.1, -0.05) is 0 Å². The normalized spacial score (nSPS) is 33.0. The Kier molecular flexibility index (Phi) is 4.93. The highest BCUT2D eigenvalue weighted by atomic mass is 32.2. The average molecular weight is 433 g/mol. The van der Waals surface area contributed by atoms with Crippen molar-refractivity contribution in [2.75, 3.05) is 11.9 Å². The Morgan fingerprint density at radius 2 is 1.80 bits per heavy atom. The molecule has 0 atom stereocenters. The maximum atomic E-state index is 13.0. The van der Waals surface area contributed by atoms with Gasteiger partial charge >= 0.3 is 0 Å². The van der Waals surface area contributed by atoms with Crippen LogP contribution >= 0.6 is 0 Å². The van der Waals surface area contributed by atoms with Crippen LogP contribution in [-0.2, 0) is 27.8 Å². The Hall–Kier alpha value is -1.54. The van der Waals surface area contributed by atoms with Crippen LogP contribution in [0.2, 0.25) is 0 Å². The summed E-state index contributed by atoms with van der Waals surface area (Å²) in [6, 6.07) is 0. The lowest BCUT2D eigenvalue weighted by molar-refractivity contribution is -0.124. The van der Waals surface area contributed by atoms with Gasteiger partial charge in [-0.25, -0.2) is 18.4 Å². The van der Waals surface area contributed by atoms with Crippen LogP contribution in [-0.4, -0.2) is 40.4 Å². The average Bonchev–Trinajstić information content (AvgIpc) is 2.66. The molecule has 1 amide bonds. The molecule has 0 saturated heterocycles. The van der Waals surface area contributed by atoms with Crippen molar-refractivity contribution in [2.45, 2.75) is 77.0 Å². The van der Waals surface area contributed by atoms with Gasteiger partial charge in [-0.15, -0.1) is 0 Å². The van der Waals surface area contributed by atoms with E-state index in [9.17, 15) is 13.2 Å². The van der Waals surface area contributed by atoms with E-state index >= 15 is 0 Å². The minimum atomic E-state index is -3.32. The molecule has 4 bridgehead atoms. The molecule has 4 aliphatic carbocycles. The van der Waals surface area contributed by atoms with Gasteiger partial charge in [0.25, 0.3) is 0 Å². The van der Waals surface area contributed by atoms with Crippen LogP contribution in [0.15, 0.2) is 6.33 Å². The van der Waals surface area contributed by atoms with E-state index in [1.165, 1.54) is 49.2 Å². The number of hydrogen-bond acceptors (Lipinski definition) is 5. The molecule has 0 spiro atoms. The summed E-state index contributed by atoms with van der Waals surface area (Å²) in [6.07, 6.45) is 10.3. The zero-order chi connectivity index (χ0) is 21.1. The van der Waals surface area contributed by atoms with E-state index < -0.39 is 15.3 Å².